The second kappa shape index (κ2) is 14.5. The number of aryl methyl sites for hydroxylation is 2. The third-order valence-corrected chi connectivity index (χ3v) is 9.67. The van der Waals surface area contributed by atoms with Gasteiger partial charge >= 0.3 is 0 Å². The number of anilines is 1. The maximum atomic E-state index is 14.0. The lowest BCUT2D eigenvalue weighted by Gasteiger charge is -2.33. The molecule has 238 valence electrons. The molecule has 3 nitrogen and oxygen atoms in total. The number of benzene rings is 4. The Kier molecular flexibility index (Phi) is 10.4. The van der Waals surface area contributed by atoms with Crippen LogP contribution in [0.25, 0.3) is 16.7 Å². The van der Waals surface area contributed by atoms with Crippen LogP contribution in [-0.4, -0.2) is 11.7 Å². The van der Waals surface area contributed by atoms with E-state index in [1.165, 1.54) is 34.2 Å². The third kappa shape index (κ3) is 8.12. The Morgan fingerprint density at radius 2 is 1.52 bits per heavy atom. The summed E-state index contributed by atoms with van der Waals surface area (Å²) in [5, 5.41) is 3.20. The van der Waals surface area contributed by atoms with Crippen molar-refractivity contribution in [1.29, 1.82) is 0 Å². The first-order valence-electron chi connectivity index (χ1n) is 16.9. The molecule has 3 heteroatoms. The molecular weight excluding hydrogens is 562 g/mol. The van der Waals surface area contributed by atoms with Gasteiger partial charge in [-0.2, -0.15) is 0 Å². The number of allylic oxidation sites excluding steroid dienone is 2. The van der Waals surface area contributed by atoms with Crippen LogP contribution in [0.1, 0.15) is 104 Å². The molecule has 4 aromatic rings. The minimum Gasteiger partial charge on any atom is -0.326 e. The van der Waals surface area contributed by atoms with E-state index in [-0.39, 0.29) is 17.6 Å². The number of carbonyl (C=O) groups excluding carboxylic acids is 2. The van der Waals surface area contributed by atoms with E-state index in [0.717, 1.165) is 47.2 Å². The van der Waals surface area contributed by atoms with Gasteiger partial charge in [-0.15, -0.1) is 0 Å². The van der Waals surface area contributed by atoms with Crippen molar-refractivity contribution in [3.63, 3.8) is 0 Å². The lowest BCUT2D eigenvalue weighted by Crippen LogP contribution is -2.23. The topological polar surface area (TPSA) is 46.2 Å². The Balaban J connectivity index is 1.37. The van der Waals surface area contributed by atoms with Crippen LogP contribution in [0.5, 0.6) is 0 Å². The van der Waals surface area contributed by atoms with Crippen LogP contribution in [0, 0.1) is 25.2 Å². The van der Waals surface area contributed by atoms with Crippen molar-refractivity contribution in [1.82, 2.24) is 0 Å². The standard InChI is InChI=1S/C43H49NO2/c1-7-8-41(45)36-12-10-31(11-13-36)28-40(35-16-14-32(15-17-35)33-18-22-37(23-19-33)43(4,5)6)42(46)44-38-24-20-34(21-25-38)39-26-9-29(2)27-30(39)3/h9-18,20-21,24-27,37,40H,7-8,19,22-23,28H2,1-6H3,(H,44,46)/t37-,40-/m0/s1. The molecule has 2 atom stereocenters. The predicted octanol–water partition coefficient (Wildman–Crippen LogP) is 11.1. The Labute approximate surface area is 276 Å². The molecule has 0 heterocycles. The predicted molar refractivity (Wildman–Crippen MR) is 193 cm³/mol. The molecule has 0 radical (unpaired) electrons. The van der Waals surface area contributed by atoms with Crippen molar-refractivity contribution in [2.24, 2.45) is 11.3 Å². The molecular formula is C43H49NO2. The van der Waals surface area contributed by atoms with Gasteiger partial charge in [0.25, 0.3) is 0 Å². The molecule has 46 heavy (non-hydrogen) atoms. The molecule has 0 spiro atoms. The van der Waals surface area contributed by atoms with Gasteiger partial charge in [-0.05, 0) is 108 Å². The fraction of sp³-hybridized carbons (Fsp3) is 0.349. The molecule has 1 aliphatic rings. The SMILES string of the molecule is CCCC(=O)c1ccc(C[C@H](C(=O)Nc2ccc(-c3ccc(C)cc3C)cc2)c2ccc(C3=CC[C@H](C(C)(C)C)CC3)cc2)cc1. The molecule has 0 saturated heterocycles. The first-order chi connectivity index (χ1) is 22.0. The summed E-state index contributed by atoms with van der Waals surface area (Å²) in [7, 11) is 0. The Bertz CT molecular complexity index is 1690. The van der Waals surface area contributed by atoms with Gasteiger partial charge in [0.15, 0.2) is 5.78 Å². The van der Waals surface area contributed by atoms with Crippen LogP contribution < -0.4 is 5.32 Å². The van der Waals surface area contributed by atoms with Crippen LogP contribution in [0.2, 0.25) is 0 Å². The van der Waals surface area contributed by atoms with Crippen LogP contribution in [0.4, 0.5) is 5.69 Å². The average molecular weight is 612 g/mol. The lowest BCUT2D eigenvalue weighted by molar-refractivity contribution is -0.117. The van der Waals surface area contributed by atoms with Crippen LogP contribution in [0.3, 0.4) is 0 Å². The molecule has 0 fully saturated rings. The minimum absolute atomic E-state index is 0.0388. The molecule has 0 bridgehead atoms. The maximum absolute atomic E-state index is 14.0. The van der Waals surface area contributed by atoms with E-state index in [4.69, 9.17) is 0 Å². The molecule has 1 amide bonds. The van der Waals surface area contributed by atoms with Crippen molar-refractivity contribution < 1.29 is 9.59 Å². The zero-order valence-corrected chi connectivity index (χ0v) is 28.5. The first kappa shape index (κ1) is 33.1. The maximum Gasteiger partial charge on any atom is 0.232 e. The monoisotopic (exact) mass is 611 g/mol. The molecule has 0 unspecified atom stereocenters. The Hall–Kier alpha value is -4.24. The van der Waals surface area contributed by atoms with Gasteiger partial charge < -0.3 is 5.32 Å². The van der Waals surface area contributed by atoms with Crippen molar-refractivity contribution in [2.45, 2.75) is 86.0 Å². The zero-order valence-electron chi connectivity index (χ0n) is 28.5. The van der Waals surface area contributed by atoms with E-state index >= 15 is 0 Å². The summed E-state index contributed by atoms with van der Waals surface area (Å²) >= 11 is 0. The van der Waals surface area contributed by atoms with Crippen LogP contribution in [0.15, 0.2) is 97.1 Å². The quantitative estimate of drug-likeness (QED) is 0.181. The number of rotatable bonds is 10. The molecule has 4 aromatic carbocycles. The number of nitrogens with one attached hydrogen (secondary N) is 1. The van der Waals surface area contributed by atoms with Crippen molar-refractivity contribution >= 4 is 23.0 Å². The molecule has 0 aliphatic heterocycles. The van der Waals surface area contributed by atoms with Crippen molar-refractivity contribution in [2.75, 3.05) is 5.32 Å². The van der Waals surface area contributed by atoms with Gasteiger partial charge in [0, 0.05) is 17.7 Å². The summed E-state index contributed by atoms with van der Waals surface area (Å²) < 4.78 is 0. The summed E-state index contributed by atoms with van der Waals surface area (Å²) in [4.78, 5) is 26.4. The summed E-state index contributed by atoms with van der Waals surface area (Å²) in [5.41, 5.74) is 11.3. The highest BCUT2D eigenvalue weighted by atomic mass is 16.2. The number of Topliss-reactive ketones (excluding diaryl/α,β-unsaturated/α-hetero) is 1. The Morgan fingerprint density at radius 3 is 2.11 bits per heavy atom. The molecule has 1 aliphatic carbocycles. The second-order valence-corrected chi connectivity index (χ2v) is 14.2. The highest BCUT2D eigenvalue weighted by Gasteiger charge is 2.27. The van der Waals surface area contributed by atoms with Crippen LogP contribution >= 0.6 is 0 Å². The molecule has 0 saturated carbocycles. The van der Waals surface area contributed by atoms with Gasteiger partial charge in [0.2, 0.25) is 5.91 Å². The summed E-state index contributed by atoms with van der Waals surface area (Å²) in [6.45, 7) is 13.3. The lowest BCUT2D eigenvalue weighted by atomic mass is 9.72. The third-order valence-electron chi connectivity index (χ3n) is 9.67. The van der Waals surface area contributed by atoms with E-state index in [2.05, 4.69) is 101 Å². The number of amides is 1. The van der Waals surface area contributed by atoms with Gasteiger partial charge in [-0.3, -0.25) is 9.59 Å². The van der Waals surface area contributed by atoms with Gasteiger partial charge in [0.1, 0.15) is 0 Å². The summed E-state index contributed by atoms with van der Waals surface area (Å²) in [6.07, 6.45) is 7.76. The highest BCUT2D eigenvalue weighted by Crippen LogP contribution is 2.40. The van der Waals surface area contributed by atoms with Gasteiger partial charge in [-0.1, -0.05) is 118 Å². The van der Waals surface area contributed by atoms with Gasteiger partial charge in [-0.25, -0.2) is 0 Å². The van der Waals surface area contributed by atoms with E-state index in [9.17, 15) is 9.59 Å². The molecule has 0 aromatic heterocycles. The molecule has 5 rings (SSSR count). The smallest absolute Gasteiger partial charge is 0.232 e. The summed E-state index contributed by atoms with van der Waals surface area (Å²) in [6, 6.07) is 31.0. The number of hydrogen-bond donors (Lipinski definition) is 1. The first-order valence-corrected chi connectivity index (χ1v) is 16.9. The van der Waals surface area contributed by atoms with Crippen molar-refractivity contribution in [3.05, 3.63) is 130 Å². The number of carbonyl (C=O) groups is 2. The van der Waals surface area contributed by atoms with Crippen LogP contribution in [-0.2, 0) is 11.2 Å². The van der Waals surface area contributed by atoms with Gasteiger partial charge in [0.05, 0.1) is 5.92 Å². The van der Waals surface area contributed by atoms with E-state index in [1.54, 1.807) is 0 Å². The second-order valence-electron chi connectivity index (χ2n) is 14.2. The highest BCUT2D eigenvalue weighted by molar-refractivity contribution is 5.97. The Morgan fingerprint density at radius 1 is 0.848 bits per heavy atom. The molecule has 1 N–H and O–H groups in total. The summed E-state index contributed by atoms with van der Waals surface area (Å²) in [5.74, 6) is 0.454. The number of ketones is 1. The zero-order chi connectivity index (χ0) is 32.8. The fourth-order valence-corrected chi connectivity index (χ4v) is 6.71. The van der Waals surface area contributed by atoms with E-state index in [0.29, 0.717) is 24.2 Å². The van der Waals surface area contributed by atoms with E-state index < -0.39 is 0 Å². The fourth-order valence-electron chi connectivity index (χ4n) is 6.71. The van der Waals surface area contributed by atoms with E-state index in [1.807, 2.05) is 43.3 Å². The number of hydrogen-bond acceptors (Lipinski definition) is 2. The minimum atomic E-state index is -0.379. The van der Waals surface area contributed by atoms with Crippen molar-refractivity contribution in [3.8, 4) is 11.1 Å². The average Bonchev–Trinajstić information content (AvgIpc) is 3.04. The normalized spacial score (nSPS) is 15.6. The largest absolute Gasteiger partial charge is 0.326 e.